The van der Waals surface area contributed by atoms with E-state index in [1.165, 1.54) is 6.20 Å². The standard InChI is InChI=1S/C11H12F2N4/c1-17(3-2-14)11-6-15-9-4-7(12)8(13)5-10(9)16-11/h4-6H,2-3,14H2,1H3. The number of hydrogen-bond acceptors (Lipinski definition) is 4. The first-order chi connectivity index (χ1) is 8.11. The molecular formula is C11H12F2N4. The number of nitrogens with zero attached hydrogens (tertiary/aromatic N) is 3. The lowest BCUT2D eigenvalue weighted by molar-refractivity contribution is 0.510. The van der Waals surface area contributed by atoms with Gasteiger partial charge in [-0.1, -0.05) is 0 Å². The molecule has 1 heterocycles. The molecule has 2 N–H and O–H groups in total. The Morgan fingerprint density at radius 2 is 1.88 bits per heavy atom. The highest BCUT2D eigenvalue weighted by Crippen LogP contribution is 2.17. The molecule has 2 rings (SSSR count). The molecule has 1 aromatic carbocycles. The predicted molar refractivity (Wildman–Crippen MR) is 61.8 cm³/mol. The molecule has 2 aromatic rings. The molecule has 0 spiro atoms. The van der Waals surface area contributed by atoms with Crippen LogP contribution in [0.2, 0.25) is 0 Å². The molecule has 0 saturated carbocycles. The number of hydrogen-bond donors (Lipinski definition) is 1. The lowest BCUT2D eigenvalue weighted by Crippen LogP contribution is -2.25. The van der Waals surface area contributed by atoms with Gasteiger partial charge in [0.1, 0.15) is 5.82 Å². The zero-order valence-electron chi connectivity index (χ0n) is 9.32. The van der Waals surface area contributed by atoms with Gasteiger partial charge in [0.15, 0.2) is 11.6 Å². The van der Waals surface area contributed by atoms with Gasteiger partial charge in [0.2, 0.25) is 0 Å². The first-order valence-electron chi connectivity index (χ1n) is 5.15. The number of anilines is 1. The van der Waals surface area contributed by atoms with E-state index in [0.29, 0.717) is 29.9 Å². The summed E-state index contributed by atoms with van der Waals surface area (Å²) in [6.07, 6.45) is 1.51. The third-order valence-electron chi connectivity index (χ3n) is 2.43. The highest BCUT2D eigenvalue weighted by atomic mass is 19.2. The molecule has 1 aromatic heterocycles. The van der Waals surface area contributed by atoms with Gasteiger partial charge in [-0.3, -0.25) is 4.98 Å². The summed E-state index contributed by atoms with van der Waals surface area (Å²) in [4.78, 5) is 10.0. The maximum atomic E-state index is 13.1. The largest absolute Gasteiger partial charge is 0.357 e. The van der Waals surface area contributed by atoms with Gasteiger partial charge in [-0.05, 0) is 0 Å². The number of aromatic nitrogens is 2. The van der Waals surface area contributed by atoms with Crippen LogP contribution < -0.4 is 10.6 Å². The van der Waals surface area contributed by atoms with Crippen LogP contribution >= 0.6 is 0 Å². The van der Waals surface area contributed by atoms with Crippen molar-refractivity contribution in [1.82, 2.24) is 9.97 Å². The summed E-state index contributed by atoms with van der Waals surface area (Å²) in [5.74, 6) is -1.27. The Morgan fingerprint density at radius 3 is 2.53 bits per heavy atom. The van der Waals surface area contributed by atoms with Gasteiger partial charge in [-0.2, -0.15) is 0 Å². The van der Waals surface area contributed by atoms with E-state index in [1.807, 2.05) is 7.05 Å². The van der Waals surface area contributed by atoms with E-state index in [2.05, 4.69) is 9.97 Å². The maximum Gasteiger partial charge on any atom is 0.161 e. The second kappa shape index (κ2) is 4.58. The van der Waals surface area contributed by atoms with Gasteiger partial charge < -0.3 is 10.6 Å². The maximum absolute atomic E-state index is 13.1. The van der Waals surface area contributed by atoms with Crippen molar-refractivity contribution < 1.29 is 8.78 Å². The van der Waals surface area contributed by atoms with Crippen molar-refractivity contribution in [3.05, 3.63) is 30.0 Å². The van der Waals surface area contributed by atoms with Crippen molar-refractivity contribution in [2.45, 2.75) is 0 Å². The lowest BCUT2D eigenvalue weighted by atomic mass is 10.3. The average Bonchev–Trinajstić information content (AvgIpc) is 2.30. The van der Waals surface area contributed by atoms with Crippen LogP contribution in [-0.4, -0.2) is 30.1 Å². The smallest absolute Gasteiger partial charge is 0.161 e. The summed E-state index contributed by atoms with van der Waals surface area (Å²) in [6.45, 7) is 1.10. The molecule has 0 aliphatic rings. The zero-order chi connectivity index (χ0) is 12.4. The topological polar surface area (TPSA) is 55.0 Å². The lowest BCUT2D eigenvalue weighted by Gasteiger charge is -2.16. The monoisotopic (exact) mass is 238 g/mol. The molecule has 0 saturated heterocycles. The molecular weight excluding hydrogens is 226 g/mol. The van der Waals surface area contributed by atoms with E-state index in [4.69, 9.17) is 5.73 Å². The number of benzene rings is 1. The number of likely N-dealkylation sites (N-methyl/N-ethyl adjacent to an activating group) is 1. The quantitative estimate of drug-likeness (QED) is 0.875. The highest BCUT2D eigenvalue weighted by molar-refractivity contribution is 5.75. The summed E-state index contributed by atoms with van der Waals surface area (Å²) in [7, 11) is 1.81. The van der Waals surface area contributed by atoms with Crippen molar-refractivity contribution in [3.63, 3.8) is 0 Å². The Labute approximate surface area is 97.1 Å². The molecule has 0 unspecified atom stereocenters. The molecule has 90 valence electrons. The molecule has 0 aliphatic carbocycles. The second-order valence-electron chi connectivity index (χ2n) is 3.69. The minimum atomic E-state index is -0.926. The normalized spacial score (nSPS) is 10.8. The molecule has 0 amide bonds. The Hall–Kier alpha value is -1.82. The van der Waals surface area contributed by atoms with E-state index >= 15 is 0 Å². The summed E-state index contributed by atoms with van der Waals surface area (Å²) >= 11 is 0. The minimum Gasteiger partial charge on any atom is -0.357 e. The van der Waals surface area contributed by atoms with Gasteiger partial charge >= 0.3 is 0 Å². The van der Waals surface area contributed by atoms with Crippen molar-refractivity contribution in [2.24, 2.45) is 5.73 Å². The fraction of sp³-hybridized carbons (Fsp3) is 0.273. The van der Waals surface area contributed by atoms with Crippen LogP contribution in [-0.2, 0) is 0 Å². The summed E-state index contributed by atoms with van der Waals surface area (Å²) in [5, 5.41) is 0. The van der Waals surface area contributed by atoms with Gasteiger partial charge in [0.05, 0.1) is 17.2 Å². The average molecular weight is 238 g/mol. The SMILES string of the molecule is CN(CCN)c1cnc2cc(F)c(F)cc2n1. The van der Waals surface area contributed by atoms with Gasteiger partial charge in [0.25, 0.3) is 0 Å². The number of rotatable bonds is 3. The Morgan fingerprint density at radius 1 is 1.24 bits per heavy atom. The predicted octanol–water partition coefficient (Wildman–Crippen LogP) is 1.30. The fourth-order valence-corrected chi connectivity index (χ4v) is 1.49. The van der Waals surface area contributed by atoms with Crippen molar-refractivity contribution >= 4 is 16.9 Å². The Balaban J connectivity index is 2.46. The summed E-state index contributed by atoms with van der Waals surface area (Å²) in [5.41, 5.74) is 6.08. The van der Waals surface area contributed by atoms with Crippen LogP contribution in [0.3, 0.4) is 0 Å². The van der Waals surface area contributed by atoms with E-state index < -0.39 is 11.6 Å². The molecule has 0 aliphatic heterocycles. The van der Waals surface area contributed by atoms with Crippen LogP contribution in [0.15, 0.2) is 18.3 Å². The summed E-state index contributed by atoms with van der Waals surface area (Å²) < 4.78 is 26.0. The van der Waals surface area contributed by atoms with Gasteiger partial charge in [-0.25, -0.2) is 13.8 Å². The zero-order valence-corrected chi connectivity index (χ0v) is 9.32. The van der Waals surface area contributed by atoms with Crippen molar-refractivity contribution in [1.29, 1.82) is 0 Å². The summed E-state index contributed by atoms with van der Waals surface area (Å²) in [6, 6.07) is 2.07. The van der Waals surface area contributed by atoms with Crippen molar-refractivity contribution in [2.75, 3.05) is 25.0 Å². The van der Waals surface area contributed by atoms with Crippen molar-refractivity contribution in [3.8, 4) is 0 Å². The molecule has 6 heteroatoms. The molecule has 0 bridgehead atoms. The molecule has 0 atom stereocenters. The van der Waals surface area contributed by atoms with E-state index in [-0.39, 0.29) is 0 Å². The van der Waals surface area contributed by atoms with E-state index in [9.17, 15) is 8.78 Å². The minimum absolute atomic E-state index is 0.324. The second-order valence-corrected chi connectivity index (χ2v) is 3.69. The Bertz CT molecular complexity index is 544. The third kappa shape index (κ3) is 2.31. The van der Waals surface area contributed by atoms with Gasteiger partial charge in [-0.15, -0.1) is 0 Å². The molecule has 0 fully saturated rings. The molecule has 17 heavy (non-hydrogen) atoms. The van der Waals surface area contributed by atoms with Crippen LogP contribution in [0.25, 0.3) is 11.0 Å². The van der Waals surface area contributed by atoms with E-state index in [0.717, 1.165) is 12.1 Å². The first-order valence-corrected chi connectivity index (χ1v) is 5.15. The van der Waals surface area contributed by atoms with Gasteiger partial charge in [0, 0.05) is 32.3 Å². The number of halogens is 2. The third-order valence-corrected chi connectivity index (χ3v) is 2.43. The van der Waals surface area contributed by atoms with Crippen LogP contribution in [0.4, 0.5) is 14.6 Å². The molecule has 0 radical (unpaired) electrons. The highest BCUT2D eigenvalue weighted by Gasteiger charge is 2.08. The fourth-order valence-electron chi connectivity index (χ4n) is 1.49. The van der Waals surface area contributed by atoms with Crippen LogP contribution in [0.1, 0.15) is 0 Å². The number of nitrogens with two attached hydrogens (primary N) is 1. The first kappa shape index (κ1) is 11.7. The van der Waals surface area contributed by atoms with Crippen LogP contribution in [0.5, 0.6) is 0 Å². The van der Waals surface area contributed by atoms with E-state index in [1.54, 1.807) is 4.90 Å². The molecule has 4 nitrogen and oxygen atoms in total. The Kier molecular flexibility index (Phi) is 3.14. The van der Waals surface area contributed by atoms with Crippen LogP contribution in [0, 0.1) is 11.6 Å². The number of fused-ring (bicyclic) bond motifs is 1.